The first kappa shape index (κ1) is 14.1. The summed E-state index contributed by atoms with van der Waals surface area (Å²) in [6, 6.07) is 0. The van der Waals surface area contributed by atoms with Crippen LogP contribution in [0.25, 0.3) is 0 Å². The highest BCUT2D eigenvalue weighted by Gasteiger charge is 2.90. The van der Waals surface area contributed by atoms with Crippen LogP contribution in [-0.2, 0) is 0 Å². The minimum absolute atomic E-state index is 0.728. The number of rotatable bonds is 0. The molecule has 0 heterocycles. The van der Waals surface area contributed by atoms with Crippen LogP contribution in [-0.4, -0.2) is 0 Å². The van der Waals surface area contributed by atoms with Crippen molar-refractivity contribution in [3.05, 3.63) is 0 Å². The fourth-order valence-corrected chi connectivity index (χ4v) is 12.7. The molecule has 7 fully saturated rings. The molecular weight excluding hydrogens is 288 g/mol. The molecule has 0 spiro atoms. The van der Waals surface area contributed by atoms with Crippen LogP contribution >= 0.6 is 0 Å². The Morgan fingerprint density at radius 3 is 1.46 bits per heavy atom. The molecule has 0 radical (unpaired) electrons. The summed E-state index contributed by atoms with van der Waals surface area (Å²) < 4.78 is 0. The zero-order valence-corrected chi connectivity index (χ0v) is 16.3. The van der Waals surface area contributed by atoms with Gasteiger partial charge in [0.2, 0.25) is 0 Å². The lowest BCUT2D eigenvalue weighted by molar-refractivity contribution is -0.326. The van der Waals surface area contributed by atoms with E-state index in [1.807, 2.05) is 0 Å². The molecule has 7 rings (SSSR count). The van der Waals surface area contributed by atoms with Gasteiger partial charge in [0.1, 0.15) is 0 Å². The van der Waals surface area contributed by atoms with Crippen LogP contribution in [0.3, 0.4) is 0 Å². The molecule has 0 aromatic rings. The highest BCUT2D eigenvalue weighted by molar-refractivity contribution is 5.37. The van der Waals surface area contributed by atoms with Crippen LogP contribution in [0.5, 0.6) is 0 Å². The minimum Gasteiger partial charge on any atom is -0.0585 e. The average molecular weight is 325 g/mol. The third kappa shape index (κ3) is 0.933. The van der Waals surface area contributed by atoms with Crippen LogP contribution in [0.15, 0.2) is 0 Å². The van der Waals surface area contributed by atoms with Gasteiger partial charge in [-0.25, -0.2) is 0 Å². The largest absolute Gasteiger partial charge is 0.0585 e. The van der Waals surface area contributed by atoms with Crippen LogP contribution in [0, 0.1) is 69.0 Å². The van der Waals surface area contributed by atoms with Crippen molar-refractivity contribution in [2.45, 2.75) is 79.1 Å². The molecule has 12 atom stereocenters. The summed E-state index contributed by atoms with van der Waals surface area (Å²) in [6.07, 6.45) is 12.7. The van der Waals surface area contributed by atoms with Gasteiger partial charge in [-0.15, -0.1) is 0 Å². The predicted octanol–water partition coefficient (Wildman–Crippen LogP) is 6.16. The highest BCUT2D eigenvalue weighted by Crippen LogP contribution is 2.95. The normalized spacial score (nSPS) is 76.5. The van der Waals surface area contributed by atoms with E-state index in [2.05, 4.69) is 27.7 Å². The summed E-state index contributed by atoms with van der Waals surface area (Å²) in [5.41, 5.74) is 2.93. The van der Waals surface area contributed by atoms with Crippen LogP contribution < -0.4 is 0 Å². The smallest absolute Gasteiger partial charge is 0.0204 e. The molecule has 0 nitrogen and oxygen atoms in total. The molecule has 0 aromatic carbocycles. The van der Waals surface area contributed by atoms with Crippen molar-refractivity contribution < 1.29 is 0 Å². The summed E-state index contributed by atoms with van der Waals surface area (Å²) in [6.45, 7) is 11.2. The molecule has 12 unspecified atom stereocenters. The first-order chi connectivity index (χ1) is 11.4. The van der Waals surface area contributed by atoms with Gasteiger partial charge in [-0.3, -0.25) is 0 Å². The predicted molar refractivity (Wildman–Crippen MR) is 97.3 cm³/mol. The quantitative estimate of drug-likeness (QED) is 0.468. The maximum Gasteiger partial charge on any atom is -0.0204 e. The van der Waals surface area contributed by atoms with Crippen molar-refractivity contribution in [2.24, 2.45) is 69.0 Å². The number of hydrogen-bond acceptors (Lipinski definition) is 0. The van der Waals surface area contributed by atoms with E-state index in [0.717, 1.165) is 69.0 Å². The van der Waals surface area contributed by atoms with Gasteiger partial charge in [-0.1, -0.05) is 40.5 Å². The summed E-state index contributed by atoms with van der Waals surface area (Å²) in [5.74, 6) is 8.89. The molecule has 4 bridgehead atoms. The van der Waals surface area contributed by atoms with Gasteiger partial charge in [0.15, 0.2) is 0 Å². The third-order valence-corrected chi connectivity index (χ3v) is 13.4. The third-order valence-electron chi connectivity index (χ3n) is 13.4. The molecule has 0 aromatic heterocycles. The average Bonchev–Trinajstić information content (AvgIpc) is 3.27. The molecule has 0 N–H and O–H groups in total. The molecular formula is C24H36. The second kappa shape index (κ2) is 3.55. The van der Waals surface area contributed by atoms with Gasteiger partial charge in [-0.05, 0) is 108 Å². The van der Waals surface area contributed by atoms with E-state index in [-0.39, 0.29) is 0 Å². The Labute approximate surface area is 148 Å². The van der Waals surface area contributed by atoms with Crippen molar-refractivity contribution >= 4 is 0 Å². The van der Waals surface area contributed by atoms with Gasteiger partial charge in [0, 0.05) is 0 Å². The first-order valence-corrected chi connectivity index (χ1v) is 11.4. The van der Waals surface area contributed by atoms with Crippen molar-refractivity contribution in [2.75, 3.05) is 0 Å². The van der Waals surface area contributed by atoms with E-state index < -0.39 is 0 Å². The van der Waals surface area contributed by atoms with Crippen LogP contribution in [0.2, 0.25) is 0 Å². The van der Waals surface area contributed by atoms with E-state index in [1.54, 1.807) is 51.4 Å². The van der Waals surface area contributed by atoms with Gasteiger partial charge >= 0.3 is 0 Å². The SMILES string of the molecule is CC12C3CCCC3C1(C)C1CC2C2C1C1(C)C3CCCC(C3)C21C. The Bertz CT molecular complexity index is 598. The molecule has 0 heteroatoms. The monoisotopic (exact) mass is 324 g/mol. The van der Waals surface area contributed by atoms with Crippen LogP contribution in [0.4, 0.5) is 0 Å². The molecule has 7 aliphatic rings. The fraction of sp³-hybridized carbons (Fsp3) is 1.00. The second-order valence-corrected chi connectivity index (χ2v) is 12.3. The standard InChI is InChI=1S/C24H36/c1-21-13-7-5-8-14(11-13)22(21,2)20-18-12-17(19(20)21)23(3)15-9-6-10-16(15)24(18,23)4/h13-20H,5-12H2,1-4H3. The van der Waals surface area contributed by atoms with Crippen LogP contribution in [0.1, 0.15) is 79.1 Å². The summed E-state index contributed by atoms with van der Waals surface area (Å²) in [5, 5.41) is 0. The fourth-order valence-electron chi connectivity index (χ4n) is 12.7. The van der Waals surface area contributed by atoms with Crippen molar-refractivity contribution in [1.29, 1.82) is 0 Å². The van der Waals surface area contributed by atoms with E-state index in [4.69, 9.17) is 0 Å². The number of hydrogen-bond donors (Lipinski definition) is 0. The summed E-state index contributed by atoms with van der Waals surface area (Å²) >= 11 is 0. The summed E-state index contributed by atoms with van der Waals surface area (Å²) in [4.78, 5) is 0. The molecule has 0 amide bonds. The highest BCUT2D eigenvalue weighted by atomic mass is 14.9. The van der Waals surface area contributed by atoms with E-state index in [0.29, 0.717) is 0 Å². The minimum atomic E-state index is 0.728. The van der Waals surface area contributed by atoms with Crippen molar-refractivity contribution in [1.82, 2.24) is 0 Å². The second-order valence-electron chi connectivity index (χ2n) is 12.3. The zero-order chi connectivity index (χ0) is 16.3. The van der Waals surface area contributed by atoms with Crippen molar-refractivity contribution in [3.63, 3.8) is 0 Å². The maximum atomic E-state index is 2.80. The lowest BCUT2D eigenvalue weighted by Crippen LogP contribution is -2.75. The van der Waals surface area contributed by atoms with Gasteiger partial charge in [0.05, 0.1) is 0 Å². The molecule has 132 valence electrons. The number of fused-ring (bicyclic) bond motifs is 18. The Balaban J connectivity index is 1.40. The molecule has 24 heavy (non-hydrogen) atoms. The van der Waals surface area contributed by atoms with E-state index >= 15 is 0 Å². The molecule has 7 saturated carbocycles. The Kier molecular flexibility index (Phi) is 2.09. The zero-order valence-electron chi connectivity index (χ0n) is 16.3. The molecule has 7 aliphatic carbocycles. The van der Waals surface area contributed by atoms with Gasteiger partial charge in [0.25, 0.3) is 0 Å². The molecule has 0 saturated heterocycles. The van der Waals surface area contributed by atoms with Gasteiger partial charge < -0.3 is 0 Å². The maximum absolute atomic E-state index is 2.80. The topological polar surface area (TPSA) is 0 Å². The van der Waals surface area contributed by atoms with Gasteiger partial charge in [-0.2, -0.15) is 0 Å². The Morgan fingerprint density at radius 1 is 0.500 bits per heavy atom. The lowest BCUT2D eigenvalue weighted by Gasteiger charge is -2.79. The first-order valence-electron chi connectivity index (χ1n) is 11.4. The molecule has 0 aliphatic heterocycles. The van der Waals surface area contributed by atoms with E-state index in [9.17, 15) is 0 Å². The Morgan fingerprint density at radius 2 is 0.958 bits per heavy atom. The lowest BCUT2D eigenvalue weighted by atomic mass is 9.25. The summed E-state index contributed by atoms with van der Waals surface area (Å²) in [7, 11) is 0. The Hall–Kier alpha value is 0. The van der Waals surface area contributed by atoms with E-state index in [1.165, 1.54) is 0 Å². The van der Waals surface area contributed by atoms with Crippen molar-refractivity contribution in [3.8, 4) is 0 Å².